The maximum atomic E-state index is 13.2. The molecule has 1 aliphatic rings. The maximum absolute atomic E-state index is 13.2. The molecule has 3 aromatic rings. The molecule has 38 heavy (non-hydrogen) atoms. The predicted octanol–water partition coefficient (Wildman–Crippen LogP) is 6.56. The summed E-state index contributed by atoms with van der Waals surface area (Å²) in [6.07, 6.45) is 1.76. The van der Waals surface area contributed by atoms with Gasteiger partial charge in [-0.15, -0.1) is 0 Å². The zero-order valence-electron chi connectivity index (χ0n) is 20.7. The number of carbonyl (C=O) groups is 2. The van der Waals surface area contributed by atoms with Crippen molar-refractivity contribution in [2.45, 2.75) is 13.8 Å². The van der Waals surface area contributed by atoms with Crippen LogP contribution in [-0.4, -0.2) is 36.0 Å². The van der Waals surface area contributed by atoms with Crippen LogP contribution >= 0.6 is 35.6 Å². The fourth-order valence-electron chi connectivity index (χ4n) is 3.61. The van der Waals surface area contributed by atoms with Gasteiger partial charge < -0.3 is 19.5 Å². The van der Waals surface area contributed by atoms with Gasteiger partial charge >= 0.3 is 0 Å². The number of nitrogens with zero attached hydrogens (tertiary/aromatic N) is 1. The smallest absolute Gasteiger partial charge is 0.270 e. The van der Waals surface area contributed by atoms with Gasteiger partial charge in [0.1, 0.15) is 5.75 Å². The van der Waals surface area contributed by atoms with E-state index in [0.717, 1.165) is 11.3 Å². The summed E-state index contributed by atoms with van der Waals surface area (Å²) in [5, 5.41) is 3.26. The van der Waals surface area contributed by atoms with Crippen molar-refractivity contribution in [3.8, 4) is 17.2 Å². The Balaban J connectivity index is 1.46. The summed E-state index contributed by atoms with van der Waals surface area (Å²) in [6.45, 7) is 4.51. The highest BCUT2D eigenvalue weighted by molar-refractivity contribution is 8.27. The Morgan fingerprint density at radius 2 is 1.76 bits per heavy atom. The summed E-state index contributed by atoms with van der Waals surface area (Å²) in [7, 11) is 0. The van der Waals surface area contributed by atoms with Gasteiger partial charge in [0.25, 0.3) is 11.8 Å². The van der Waals surface area contributed by atoms with Crippen molar-refractivity contribution in [1.82, 2.24) is 0 Å². The van der Waals surface area contributed by atoms with Crippen LogP contribution in [0.1, 0.15) is 19.4 Å². The molecule has 2 amide bonds. The van der Waals surface area contributed by atoms with Gasteiger partial charge in [-0.25, -0.2) is 0 Å². The largest absolute Gasteiger partial charge is 0.494 e. The Kier molecular flexibility index (Phi) is 9.28. The van der Waals surface area contributed by atoms with Crippen LogP contribution in [0, 0.1) is 0 Å². The highest BCUT2D eigenvalue weighted by Crippen LogP contribution is 2.37. The first-order chi connectivity index (χ1) is 18.4. The molecule has 1 aliphatic heterocycles. The first-order valence-corrected chi connectivity index (χ1v) is 13.4. The Hall–Kier alpha value is -3.53. The van der Waals surface area contributed by atoms with E-state index in [1.54, 1.807) is 60.7 Å². The van der Waals surface area contributed by atoms with Gasteiger partial charge in [0.2, 0.25) is 0 Å². The van der Waals surface area contributed by atoms with Gasteiger partial charge in [-0.05, 0) is 80.1 Å². The van der Waals surface area contributed by atoms with E-state index in [1.165, 1.54) is 16.7 Å². The monoisotopic (exact) mass is 568 g/mol. The summed E-state index contributed by atoms with van der Waals surface area (Å²) in [4.78, 5) is 27.5. The van der Waals surface area contributed by atoms with Crippen molar-refractivity contribution in [3.05, 3.63) is 82.2 Å². The summed E-state index contributed by atoms with van der Waals surface area (Å²) in [5.41, 5.74) is 1.99. The second kappa shape index (κ2) is 12.8. The van der Waals surface area contributed by atoms with E-state index < -0.39 is 0 Å². The lowest BCUT2D eigenvalue weighted by Crippen LogP contribution is -2.27. The lowest BCUT2D eigenvalue weighted by Gasteiger charge is -2.15. The topological polar surface area (TPSA) is 77.1 Å². The number of ether oxygens (including phenoxy) is 3. The van der Waals surface area contributed by atoms with Gasteiger partial charge in [-0.2, -0.15) is 0 Å². The average molecular weight is 569 g/mol. The fraction of sp³-hybridized carbons (Fsp3) is 0.179. The number of halogens is 1. The number of carbonyl (C=O) groups excluding carboxylic acids is 2. The molecular formula is C28H25ClN2O5S2. The normalized spacial score (nSPS) is 14.1. The summed E-state index contributed by atoms with van der Waals surface area (Å²) >= 11 is 12.7. The first-order valence-electron chi connectivity index (χ1n) is 11.8. The molecule has 0 aromatic heterocycles. The predicted molar refractivity (Wildman–Crippen MR) is 156 cm³/mol. The fourth-order valence-corrected chi connectivity index (χ4v) is 5.10. The molecule has 7 nitrogen and oxygen atoms in total. The number of nitrogens with one attached hydrogen (secondary N) is 1. The minimum atomic E-state index is -0.336. The zero-order valence-corrected chi connectivity index (χ0v) is 23.1. The van der Waals surface area contributed by atoms with E-state index in [4.69, 9.17) is 38.0 Å². The standard InChI is InChI=1S/C28H25ClN2O5S2/c1-3-34-22-11-9-21(10-12-22)31-27(33)25(38-28(31)37)15-18-8-13-23(24(14-18)35-4-2)36-17-26(32)30-20-7-5-6-19(29)16-20/h5-16H,3-4,17H2,1-2H3,(H,30,32)/b25-15-. The summed E-state index contributed by atoms with van der Waals surface area (Å²) in [5.74, 6) is 1.05. The van der Waals surface area contributed by atoms with E-state index >= 15 is 0 Å². The molecular weight excluding hydrogens is 544 g/mol. The van der Waals surface area contributed by atoms with Crippen molar-refractivity contribution in [1.29, 1.82) is 0 Å². The van der Waals surface area contributed by atoms with Crippen molar-refractivity contribution in [2.24, 2.45) is 0 Å². The first kappa shape index (κ1) is 27.5. The highest BCUT2D eigenvalue weighted by Gasteiger charge is 2.33. The number of thioether (sulfide) groups is 1. The van der Waals surface area contributed by atoms with E-state index in [9.17, 15) is 9.59 Å². The molecule has 0 atom stereocenters. The number of hydrogen-bond acceptors (Lipinski definition) is 7. The van der Waals surface area contributed by atoms with Crippen LogP contribution in [0.4, 0.5) is 11.4 Å². The van der Waals surface area contributed by atoms with Crippen LogP contribution in [0.2, 0.25) is 5.02 Å². The lowest BCUT2D eigenvalue weighted by atomic mass is 10.1. The number of hydrogen-bond donors (Lipinski definition) is 1. The molecule has 0 spiro atoms. The Bertz CT molecular complexity index is 1380. The quantitative estimate of drug-likeness (QED) is 0.219. The Labute approximate surface area is 235 Å². The van der Waals surface area contributed by atoms with Crippen LogP contribution in [0.5, 0.6) is 17.2 Å². The van der Waals surface area contributed by atoms with Crippen molar-refractivity contribution < 1.29 is 23.8 Å². The minimum Gasteiger partial charge on any atom is -0.494 e. The zero-order chi connectivity index (χ0) is 27.1. The van der Waals surface area contributed by atoms with E-state index in [0.29, 0.717) is 50.3 Å². The molecule has 196 valence electrons. The van der Waals surface area contributed by atoms with Crippen LogP contribution in [0.25, 0.3) is 6.08 Å². The number of anilines is 2. The summed E-state index contributed by atoms with van der Waals surface area (Å²) in [6, 6.07) is 19.3. The van der Waals surface area contributed by atoms with Crippen LogP contribution in [0.3, 0.4) is 0 Å². The van der Waals surface area contributed by atoms with Gasteiger partial charge in [-0.1, -0.05) is 47.7 Å². The van der Waals surface area contributed by atoms with Crippen LogP contribution in [0.15, 0.2) is 71.6 Å². The molecule has 0 unspecified atom stereocenters. The molecule has 1 heterocycles. The third kappa shape index (κ3) is 6.86. The van der Waals surface area contributed by atoms with Crippen LogP contribution < -0.4 is 24.4 Å². The van der Waals surface area contributed by atoms with Crippen molar-refractivity contribution in [2.75, 3.05) is 30.0 Å². The van der Waals surface area contributed by atoms with Gasteiger partial charge in [-0.3, -0.25) is 14.5 Å². The number of amides is 2. The van der Waals surface area contributed by atoms with Crippen molar-refractivity contribution >= 4 is 69.2 Å². The number of benzene rings is 3. The molecule has 0 aliphatic carbocycles. The molecule has 3 aromatic carbocycles. The number of thiocarbonyl (C=S) groups is 1. The van der Waals surface area contributed by atoms with E-state index in [-0.39, 0.29) is 18.4 Å². The number of rotatable bonds is 10. The van der Waals surface area contributed by atoms with E-state index in [2.05, 4.69) is 5.32 Å². The maximum Gasteiger partial charge on any atom is 0.270 e. The molecule has 0 bridgehead atoms. The van der Waals surface area contributed by atoms with E-state index in [1.807, 2.05) is 26.0 Å². The minimum absolute atomic E-state index is 0.208. The third-order valence-corrected chi connectivity index (χ3v) is 6.77. The molecule has 0 saturated carbocycles. The average Bonchev–Trinajstić information content (AvgIpc) is 3.17. The van der Waals surface area contributed by atoms with Gasteiger partial charge in [0, 0.05) is 10.7 Å². The Morgan fingerprint density at radius 1 is 1.00 bits per heavy atom. The third-order valence-electron chi connectivity index (χ3n) is 5.23. The lowest BCUT2D eigenvalue weighted by molar-refractivity contribution is -0.118. The summed E-state index contributed by atoms with van der Waals surface area (Å²) < 4.78 is 17.4. The second-order valence-electron chi connectivity index (χ2n) is 7.93. The molecule has 1 N–H and O–H groups in total. The highest BCUT2D eigenvalue weighted by atomic mass is 35.5. The molecule has 10 heteroatoms. The molecule has 0 radical (unpaired) electrons. The van der Waals surface area contributed by atoms with Crippen molar-refractivity contribution in [3.63, 3.8) is 0 Å². The van der Waals surface area contributed by atoms with Crippen LogP contribution in [-0.2, 0) is 9.59 Å². The second-order valence-corrected chi connectivity index (χ2v) is 10.0. The molecule has 1 fully saturated rings. The SMILES string of the molecule is CCOc1ccc(N2C(=O)/C(=C/c3ccc(OCC(=O)Nc4cccc(Cl)c4)c(OCC)c3)SC2=S)cc1. The molecule has 4 rings (SSSR count). The van der Waals surface area contributed by atoms with Gasteiger partial charge in [0.05, 0.1) is 23.8 Å². The molecule has 1 saturated heterocycles. The van der Waals surface area contributed by atoms with Gasteiger partial charge in [0.15, 0.2) is 22.4 Å². The Morgan fingerprint density at radius 3 is 2.47 bits per heavy atom.